The van der Waals surface area contributed by atoms with Gasteiger partial charge in [-0.15, -0.1) is 0 Å². The number of benzene rings is 1. The van der Waals surface area contributed by atoms with Gasteiger partial charge in [-0.2, -0.15) is 0 Å². The van der Waals surface area contributed by atoms with Crippen LogP contribution < -0.4 is 5.32 Å². The molecule has 0 aliphatic carbocycles. The van der Waals surface area contributed by atoms with Gasteiger partial charge in [-0.1, -0.05) is 73.5 Å². The van der Waals surface area contributed by atoms with Gasteiger partial charge in [0.1, 0.15) is 0 Å². The summed E-state index contributed by atoms with van der Waals surface area (Å²) in [4.78, 5) is 11.8. The van der Waals surface area contributed by atoms with Crippen molar-refractivity contribution in [3.05, 3.63) is 29.3 Å². The van der Waals surface area contributed by atoms with E-state index in [-0.39, 0.29) is 5.91 Å². The van der Waals surface area contributed by atoms with Crippen molar-refractivity contribution in [2.45, 2.75) is 69.5 Å². The Labute approximate surface area is 136 Å². The monoisotopic (exact) mass is 351 g/mol. The second-order valence-corrected chi connectivity index (χ2v) is 7.09. The van der Waals surface area contributed by atoms with Crippen LogP contribution in [0.3, 0.4) is 0 Å². The number of hydrogen-bond acceptors (Lipinski definition) is 1. The number of nitrogens with one attached hydrogen (secondary N) is 1. The first-order valence-corrected chi connectivity index (χ1v) is 9.19. The molecule has 1 heterocycles. The summed E-state index contributed by atoms with van der Waals surface area (Å²) in [6.07, 6.45) is 10.7. The molecule has 1 N–H and O–H groups in total. The highest BCUT2D eigenvalue weighted by atomic mass is 79.9. The molecular weight excluding hydrogens is 326 g/mol. The quantitative estimate of drug-likeness (QED) is 0.468. The van der Waals surface area contributed by atoms with E-state index in [9.17, 15) is 4.79 Å². The van der Waals surface area contributed by atoms with Crippen LogP contribution in [0.15, 0.2) is 18.2 Å². The zero-order valence-corrected chi connectivity index (χ0v) is 14.5. The van der Waals surface area contributed by atoms with Gasteiger partial charge in [0, 0.05) is 16.9 Å². The molecule has 1 atom stereocenters. The van der Waals surface area contributed by atoms with Gasteiger partial charge in [0.05, 0.1) is 0 Å². The van der Waals surface area contributed by atoms with Crippen LogP contribution in [0.25, 0.3) is 0 Å². The first kappa shape index (κ1) is 16.5. The third-order valence-electron chi connectivity index (χ3n) is 4.20. The van der Waals surface area contributed by atoms with E-state index in [1.54, 1.807) is 0 Å². The molecule has 0 bridgehead atoms. The van der Waals surface area contributed by atoms with Gasteiger partial charge in [-0.3, -0.25) is 4.79 Å². The second-order valence-electron chi connectivity index (χ2n) is 5.99. The Kier molecular flexibility index (Phi) is 6.75. The number of fused-ring (bicyclic) bond motifs is 1. The van der Waals surface area contributed by atoms with Crippen molar-refractivity contribution in [3.63, 3.8) is 0 Å². The number of hydrogen-bond donors (Lipinski definition) is 1. The van der Waals surface area contributed by atoms with Crippen LogP contribution in [0.5, 0.6) is 0 Å². The minimum absolute atomic E-state index is 0.137. The van der Waals surface area contributed by atoms with Crippen LogP contribution in [0.4, 0.5) is 5.69 Å². The summed E-state index contributed by atoms with van der Waals surface area (Å²) in [6.45, 7) is 2.26. The fraction of sp³-hybridized carbons (Fsp3) is 0.611. The van der Waals surface area contributed by atoms with Gasteiger partial charge in [-0.25, -0.2) is 0 Å². The number of rotatable bonds is 8. The van der Waals surface area contributed by atoms with Crippen LogP contribution in [0.1, 0.15) is 74.2 Å². The van der Waals surface area contributed by atoms with Crippen molar-refractivity contribution >= 4 is 27.5 Å². The van der Waals surface area contributed by atoms with Crippen molar-refractivity contribution in [3.8, 4) is 0 Å². The van der Waals surface area contributed by atoms with Crippen molar-refractivity contribution in [1.29, 1.82) is 0 Å². The molecule has 1 amide bonds. The first-order valence-electron chi connectivity index (χ1n) is 8.27. The Balaban J connectivity index is 1.80. The van der Waals surface area contributed by atoms with E-state index in [1.807, 2.05) is 0 Å². The number of carbonyl (C=O) groups is 1. The largest absolute Gasteiger partial charge is 0.326 e. The summed E-state index contributed by atoms with van der Waals surface area (Å²) in [5, 5.41) is 2.94. The third kappa shape index (κ3) is 5.14. The normalized spacial score (nSPS) is 15.4. The van der Waals surface area contributed by atoms with E-state index in [0.717, 1.165) is 12.1 Å². The fourth-order valence-corrected chi connectivity index (χ4v) is 3.48. The lowest BCUT2D eigenvalue weighted by Gasteiger charge is -2.19. The van der Waals surface area contributed by atoms with Crippen molar-refractivity contribution in [2.24, 2.45) is 0 Å². The van der Waals surface area contributed by atoms with E-state index in [4.69, 9.17) is 0 Å². The second kappa shape index (κ2) is 8.57. The Morgan fingerprint density at radius 3 is 2.71 bits per heavy atom. The average Bonchev–Trinajstić information content (AvgIpc) is 2.50. The number of anilines is 1. The molecule has 2 rings (SSSR count). The molecule has 0 aromatic heterocycles. The molecular formula is C18H26BrNO. The maximum absolute atomic E-state index is 11.4. The minimum Gasteiger partial charge on any atom is -0.326 e. The van der Waals surface area contributed by atoms with Crippen LogP contribution in [0.2, 0.25) is 0 Å². The van der Waals surface area contributed by atoms with Gasteiger partial charge < -0.3 is 5.32 Å². The highest BCUT2D eigenvalue weighted by Crippen LogP contribution is 2.32. The molecule has 2 nitrogen and oxygen atoms in total. The number of aryl methyl sites for hydroxylation is 1. The number of amides is 1. The van der Waals surface area contributed by atoms with Gasteiger partial charge in [0.25, 0.3) is 0 Å². The Hall–Kier alpha value is -0.830. The molecule has 116 valence electrons. The van der Waals surface area contributed by atoms with Crippen LogP contribution >= 0.6 is 15.9 Å². The predicted molar refractivity (Wildman–Crippen MR) is 93.1 cm³/mol. The van der Waals surface area contributed by atoms with E-state index >= 15 is 0 Å². The van der Waals surface area contributed by atoms with E-state index < -0.39 is 0 Å². The molecule has 1 aliphatic rings. The summed E-state index contributed by atoms with van der Waals surface area (Å²) in [5.41, 5.74) is 3.62. The zero-order chi connectivity index (χ0) is 15.1. The van der Waals surface area contributed by atoms with Crippen LogP contribution in [-0.4, -0.2) is 5.91 Å². The molecule has 0 fully saturated rings. The number of unbranched alkanes of at least 4 members (excludes halogenated alkanes) is 5. The minimum atomic E-state index is 0.137. The van der Waals surface area contributed by atoms with Gasteiger partial charge >= 0.3 is 0 Å². The lowest BCUT2D eigenvalue weighted by molar-refractivity contribution is -0.116. The molecule has 1 aliphatic heterocycles. The van der Waals surface area contributed by atoms with E-state index in [1.165, 1.54) is 56.1 Å². The molecule has 3 heteroatoms. The van der Waals surface area contributed by atoms with Gasteiger partial charge in [-0.05, 0) is 30.0 Å². The molecule has 0 spiro atoms. The number of halogens is 1. The van der Waals surface area contributed by atoms with Gasteiger partial charge in [0.2, 0.25) is 5.91 Å². The maximum Gasteiger partial charge on any atom is 0.224 e. The smallest absolute Gasteiger partial charge is 0.224 e. The molecule has 1 aromatic rings. The maximum atomic E-state index is 11.4. The lowest BCUT2D eigenvalue weighted by Crippen LogP contribution is -2.19. The summed E-state index contributed by atoms with van der Waals surface area (Å²) in [7, 11) is 0. The topological polar surface area (TPSA) is 29.1 Å². The molecule has 0 radical (unpaired) electrons. The molecule has 1 unspecified atom stereocenters. The van der Waals surface area contributed by atoms with Gasteiger partial charge in [0.15, 0.2) is 0 Å². The Morgan fingerprint density at radius 1 is 1.14 bits per heavy atom. The third-order valence-corrected chi connectivity index (χ3v) is 5.18. The van der Waals surface area contributed by atoms with Crippen molar-refractivity contribution < 1.29 is 4.79 Å². The zero-order valence-electron chi connectivity index (χ0n) is 13.0. The molecule has 1 aromatic carbocycles. The summed E-state index contributed by atoms with van der Waals surface area (Å²) in [6, 6.07) is 6.45. The number of alkyl halides is 1. The Morgan fingerprint density at radius 2 is 1.90 bits per heavy atom. The molecule has 0 saturated heterocycles. The SMILES string of the molecule is CCCCCCCCC(Br)c1ccc2c(c1)CCC(=O)N2. The summed E-state index contributed by atoms with van der Waals surface area (Å²) < 4.78 is 0. The highest BCUT2D eigenvalue weighted by molar-refractivity contribution is 9.09. The fourth-order valence-electron chi connectivity index (χ4n) is 2.87. The predicted octanol–water partition coefficient (Wildman–Crippen LogP) is 5.76. The van der Waals surface area contributed by atoms with Crippen molar-refractivity contribution in [1.82, 2.24) is 0 Å². The first-order chi connectivity index (χ1) is 10.2. The number of carbonyl (C=O) groups excluding carboxylic acids is 1. The van der Waals surface area contributed by atoms with E-state index in [2.05, 4.69) is 46.4 Å². The average molecular weight is 352 g/mol. The lowest BCUT2D eigenvalue weighted by atomic mass is 9.97. The van der Waals surface area contributed by atoms with Crippen molar-refractivity contribution in [2.75, 3.05) is 5.32 Å². The standard InChI is InChI=1S/C18H26BrNO/c1-2-3-4-5-6-7-8-16(19)14-9-11-17-15(13-14)10-12-18(21)20-17/h9,11,13,16H,2-8,10,12H2,1H3,(H,20,21). The molecule has 21 heavy (non-hydrogen) atoms. The Bertz CT molecular complexity index is 472. The van der Waals surface area contributed by atoms with E-state index in [0.29, 0.717) is 11.2 Å². The van der Waals surface area contributed by atoms with Crippen LogP contribution in [-0.2, 0) is 11.2 Å². The van der Waals surface area contributed by atoms with Crippen LogP contribution in [0, 0.1) is 0 Å². The summed E-state index contributed by atoms with van der Waals surface area (Å²) >= 11 is 3.82. The highest BCUT2D eigenvalue weighted by Gasteiger charge is 2.16. The molecule has 0 saturated carbocycles. The summed E-state index contributed by atoms with van der Waals surface area (Å²) in [5.74, 6) is 0.137.